The molecule has 1 saturated heterocycles. The summed E-state index contributed by atoms with van der Waals surface area (Å²) in [7, 11) is -3.54. The first-order valence-electron chi connectivity index (χ1n) is 5.35. The number of aromatic amines is 1. The van der Waals surface area contributed by atoms with E-state index in [1.165, 1.54) is 4.31 Å². The number of aromatic nitrogens is 1. The smallest absolute Gasteiger partial charge is 0.305 e. The number of hydrogen-bond acceptors (Lipinski definition) is 5. The second kappa shape index (κ2) is 4.52. The fourth-order valence-corrected chi connectivity index (χ4v) is 4.97. The molecule has 1 aromatic heterocycles. The van der Waals surface area contributed by atoms with Gasteiger partial charge in [-0.25, -0.2) is 8.42 Å². The highest BCUT2D eigenvalue weighted by molar-refractivity contribution is 7.91. The Morgan fingerprint density at radius 1 is 1.47 bits per heavy atom. The van der Waals surface area contributed by atoms with Crippen molar-refractivity contribution in [3.8, 4) is 0 Å². The van der Waals surface area contributed by atoms with Crippen LogP contribution in [-0.4, -0.2) is 43.4 Å². The van der Waals surface area contributed by atoms with E-state index in [4.69, 9.17) is 0 Å². The van der Waals surface area contributed by atoms with Gasteiger partial charge in [0.25, 0.3) is 10.0 Å². The van der Waals surface area contributed by atoms with Gasteiger partial charge in [-0.15, -0.1) is 0 Å². The van der Waals surface area contributed by atoms with Crippen LogP contribution in [0.3, 0.4) is 0 Å². The summed E-state index contributed by atoms with van der Waals surface area (Å²) >= 11 is 0.756. The van der Waals surface area contributed by atoms with Crippen LogP contribution in [0.5, 0.6) is 0 Å². The third-order valence-electron chi connectivity index (χ3n) is 2.76. The van der Waals surface area contributed by atoms with Crippen LogP contribution in [0.25, 0.3) is 0 Å². The summed E-state index contributed by atoms with van der Waals surface area (Å²) < 4.78 is 26.4. The molecule has 1 aromatic rings. The Morgan fingerprint density at radius 3 is 2.71 bits per heavy atom. The third-order valence-corrected chi connectivity index (χ3v) is 6.36. The average Bonchev–Trinajstić information content (AvgIpc) is 2.59. The number of hydrogen-bond donors (Lipinski definition) is 2. The minimum Gasteiger partial charge on any atom is -0.315 e. The van der Waals surface area contributed by atoms with E-state index in [2.05, 4.69) is 10.3 Å². The lowest BCUT2D eigenvalue weighted by molar-refractivity contribution is 0.284. The number of nitrogens with one attached hydrogen (secondary N) is 2. The number of rotatable bonds is 2. The van der Waals surface area contributed by atoms with Crippen molar-refractivity contribution in [2.75, 3.05) is 19.6 Å². The minimum absolute atomic E-state index is 0.0923. The van der Waals surface area contributed by atoms with Gasteiger partial charge in [-0.05, 0) is 13.8 Å². The van der Waals surface area contributed by atoms with Gasteiger partial charge in [-0.1, -0.05) is 11.3 Å². The van der Waals surface area contributed by atoms with Crippen molar-refractivity contribution in [2.45, 2.75) is 24.1 Å². The van der Waals surface area contributed by atoms with Crippen LogP contribution in [0.2, 0.25) is 0 Å². The molecule has 96 valence electrons. The van der Waals surface area contributed by atoms with Gasteiger partial charge < -0.3 is 10.3 Å². The van der Waals surface area contributed by atoms with E-state index < -0.39 is 10.0 Å². The van der Waals surface area contributed by atoms with Crippen molar-refractivity contribution in [3.05, 3.63) is 15.4 Å². The summed E-state index contributed by atoms with van der Waals surface area (Å²) in [5.41, 5.74) is 0.422. The van der Waals surface area contributed by atoms with Crippen molar-refractivity contribution < 1.29 is 8.42 Å². The lowest BCUT2D eigenvalue weighted by Gasteiger charge is -2.32. The number of aryl methyl sites for hydroxylation is 1. The van der Waals surface area contributed by atoms with Gasteiger partial charge in [0, 0.05) is 31.4 Å². The Labute approximate surface area is 104 Å². The third kappa shape index (κ3) is 2.30. The molecule has 0 aliphatic carbocycles. The molecule has 2 heterocycles. The summed E-state index contributed by atoms with van der Waals surface area (Å²) in [6.45, 7) is 5.18. The Kier molecular flexibility index (Phi) is 3.39. The van der Waals surface area contributed by atoms with Crippen molar-refractivity contribution in [3.63, 3.8) is 0 Å². The van der Waals surface area contributed by atoms with Gasteiger partial charge in [-0.3, -0.25) is 4.79 Å². The Balaban J connectivity index is 2.42. The molecule has 1 fully saturated rings. The van der Waals surface area contributed by atoms with E-state index in [0.29, 0.717) is 25.3 Å². The minimum atomic E-state index is -3.54. The monoisotopic (exact) mass is 277 g/mol. The molecule has 0 amide bonds. The molecule has 0 saturated carbocycles. The molecule has 17 heavy (non-hydrogen) atoms. The highest BCUT2D eigenvalue weighted by atomic mass is 32.2. The number of piperazine rings is 1. The second-order valence-electron chi connectivity index (χ2n) is 4.10. The van der Waals surface area contributed by atoms with Gasteiger partial charge in [0.1, 0.15) is 0 Å². The van der Waals surface area contributed by atoms with Crippen molar-refractivity contribution in [1.29, 1.82) is 0 Å². The molecule has 2 N–H and O–H groups in total. The van der Waals surface area contributed by atoms with Crippen LogP contribution in [0.4, 0.5) is 0 Å². The SMILES string of the molecule is Cc1[nH]c(=O)sc1S(=O)(=O)N1CCNC[C@@H]1C. The maximum atomic E-state index is 12.4. The van der Waals surface area contributed by atoms with Crippen LogP contribution < -0.4 is 10.2 Å². The summed E-state index contributed by atoms with van der Waals surface area (Å²) in [6, 6.07) is -0.0923. The maximum absolute atomic E-state index is 12.4. The second-order valence-corrected chi connectivity index (χ2v) is 7.16. The average molecular weight is 277 g/mol. The van der Waals surface area contributed by atoms with E-state index >= 15 is 0 Å². The number of nitrogens with zero attached hydrogens (tertiary/aromatic N) is 1. The summed E-state index contributed by atoms with van der Waals surface area (Å²) in [4.78, 5) is 13.4. The van der Waals surface area contributed by atoms with Crippen molar-refractivity contribution in [1.82, 2.24) is 14.6 Å². The molecule has 0 radical (unpaired) electrons. The molecule has 0 aromatic carbocycles. The fraction of sp³-hybridized carbons (Fsp3) is 0.667. The molecule has 6 nitrogen and oxygen atoms in total. The summed E-state index contributed by atoms with van der Waals surface area (Å²) in [5, 5.41) is 3.14. The first-order valence-corrected chi connectivity index (χ1v) is 7.61. The van der Waals surface area contributed by atoms with Gasteiger partial charge >= 0.3 is 4.87 Å². The van der Waals surface area contributed by atoms with Gasteiger partial charge in [-0.2, -0.15) is 4.31 Å². The number of thiazole rings is 1. The molecule has 0 spiro atoms. The number of H-pyrrole nitrogens is 1. The van der Waals surface area contributed by atoms with Gasteiger partial charge in [0.15, 0.2) is 4.21 Å². The molecule has 0 bridgehead atoms. The van der Waals surface area contributed by atoms with E-state index in [-0.39, 0.29) is 15.1 Å². The topological polar surface area (TPSA) is 82.3 Å². The Bertz CT molecular complexity index is 560. The molecule has 8 heteroatoms. The van der Waals surface area contributed by atoms with E-state index in [9.17, 15) is 13.2 Å². The number of sulfonamides is 1. The van der Waals surface area contributed by atoms with Crippen LogP contribution >= 0.6 is 11.3 Å². The van der Waals surface area contributed by atoms with Crippen LogP contribution in [0.1, 0.15) is 12.6 Å². The zero-order chi connectivity index (χ0) is 12.6. The van der Waals surface area contributed by atoms with Crippen LogP contribution in [-0.2, 0) is 10.0 Å². The van der Waals surface area contributed by atoms with Crippen LogP contribution in [0.15, 0.2) is 9.00 Å². The molecule has 1 aliphatic rings. The van der Waals surface area contributed by atoms with Gasteiger partial charge in [0.2, 0.25) is 0 Å². The predicted octanol–water partition coefficient (Wildman–Crippen LogP) is -0.273. The predicted molar refractivity (Wildman–Crippen MR) is 65.9 cm³/mol. The highest BCUT2D eigenvalue weighted by Crippen LogP contribution is 2.23. The van der Waals surface area contributed by atoms with Gasteiger partial charge in [0.05, 0.1) is 0 Å². The van der Waals surface area contributed by atoms with E-state index in [1.54, 1.807) is 6.92 Å². The summed E-state index contributed by atoms with van der Waals surface area (Å²) in [5.74, 6) is 0. The molecule has 2 rings (SSSR count). The lowest BCUT2D eigenvalue weighted by Crippen LogP contribution is -2.52. The normalized spacial score (nSPS) is 22.8. The molecule has 1 aliphatic heterocycles. The van der Waals surface area contributed by atoms with Crippen molar-refractivity contribution in [2.24, 2.45) is 0 Å². The molecule has 0 unspecified atom stereocenters. The van der Waals surface area contributed by atoms with E-state index in [0.717, 1.165) is 11.3 Å². The summed E-state index contributed by atoms with van der Waals surface area (Å²) in [6.07, 6.45) is 0. The first-order chi connectivity index (χ1) is 7.93. The molecular formula is C9H15N3O3S2. The lowest BCUT2D eigenvalue weighted by atomic mass is 10.3. The first kappa shape index (κ1) is 12.7. The molecule has 1 atom stereocenters. The van der Waals surface area contributed by atoms with Crippen molar-refractivity contribution >= 4 is 21.4 Å². The van der Waals surface area contributed by atoms with E-state index in [1.807, 2.05) is 6.92 Å². The Morgan fingerprint density at radius 2 is 2.18 bits per heavy atom. The van der Waals surface area contributed by atoms with Crippen LogP contribution in [0, 0.1) is 6.92 Å². The maximum Gasteiger partial charge on any atom is 0.305 e. The fourth-order valence-electron chi connectivity index (χ4n) is 1.92. The largest absolute Gasteiger partial charge is 0.315 e. The standard InChI is InChI=1S/C9H15N3O3S2/c1-6-5-10-3-4-12(6)17(14,15)8-7(2)11-9(13)16-8/h6,10H,3-5H2,1-2H3,(H,11,13)/t6-/m0/s1. The molecular weight excluding hydrogens is 262 g/mol. The quantitative estimate of drug-likeness (QED) is 0.779. The zero-order valence-corrected chi connectivity index (χ0v) is 11.3. The Hall–Kier alpha value is -0.700. The zero-order valence-electron chi connectivity index (χ0n) is 9.69. The highest BCUT2D eigenvalue weighted by Gasteiger charge is 2.33.